The van der Waals surface area contributed by atoms with E-state index in [2.05, 4.69) is 25.2 Å². The molecule has 0 radical (unpaired) electrons. The summed E-state index contributed by atoms with van der Waals surface area (Å²) in [5.74, 6) is -0.691. The van der Waals surface area contributed by atoms with Crippen molar-refractivity contribution in [2.24, 2.45) is 0 Å². The molecule has 0 spiro atoms. The van der Waals surface area contributed by atoms with E-state index < -0.39 is 11.6 Å². The number of amides is 1. The van der Waals surface area contributed by atoms with E-state index in [-0.39, 0.29) is 28.2 Å². The van der Waals surface area contributed by atoms with Gasteiger partial charge in [-0.25, -0.2) is 23.7 Å². The molecule has 1 saturated heterocycles. The third-order valence-corrected chi connectivity index (χ3v) is 6.31. The minimum atomic E-state index is -0.794. The summed E-state index contributed by atoms with van der Waals surface area (Å²) in [6.45, 7) is 4.35. The minimum Gasteiger partial charge on any atom is -0.494 e. The van der Waals surface area contributed by atoms with Gasteiger partial charge in [-0.2, -0.15) is 0 Å². The molecule has 36 heavy (non-hydrogen) atoms. The molecule has 4 aromatic rings. The van der Waals surface area contributed by atoms with Crippen LogP contribution >= 0.6 is 11.6 Å². The normalized spacial score (nSPS) is 13.8. The van der Waals surface area contributed by atoms with Gasteiger partial charge in [0.15, 0.2) is 11.5 Å². The number of carbonyl (C=O) groups excluding carboxylic acids is 1. The molecule has 5 rings (SSSR count). The SMILES string of the molecule is COc1cc(N2CCN(C(C)=O)CC2)ccc1Nc1ncc(Cl)c(-c2cnc3c(F)cc(F)cn23)n1. The Bertz CT molecular complexity index is 1450. The second kappa shape index (κ2) is 9.57. The van der Waals surface area contributed by atoms with Crippen LogP contribution in [0.2, 0.25) is 5.02 Å². The Morgan fingerprint density at radius 3 is 2.61 bits per heavy atom. The average molecular weight is 514 g/mol. The number of piperazine rings is 1. The topological polar surface area (TPSA) is 87.9 Å². The Labute approximate surface area is 210 Å². The standard InChI is InChI=1S/C24H22ClF2N7O2/c1-14(35)32-5-7-33(8-6-32)16-3-4-19(21(10-16)36-2)30-24-29-11-17(25)22(31-24)20-12-28-23-18(27)9-15(26)13-34(20)23/h3-4,9-13H,5-8H2,1-2H3,(H,29,30,31). The monoisotopic (exact) mass is 513 g/mol. The number of ether oxygens (including phenoxy) is 1. The summed E-state index contributed by atoms with van der Waals surface area (Å²) in [5.41, 5.74) is 2.11. The second-order valence-corrected chi connectivity index (χ2v) is 8.64. The number of rotatable bonds is 5. The molecule has 0 saturated carbocycles. The zero-order valence-electron chi connectivity index (χ0n) is 19.5. The van der Waals surface area contributed by atoms with Gasteiger partial charge in [0, 0.05) is 57.1 Å². The lowest BCUT2D eigenvalue weighted by atomic mass is 10.2. The number of fused-ring (bicyclic) bond motifs is 1. The molecule has 0 unspecified atom stereocenters. The van der Waals surface area contributed by atoms with Crippen LogP contribution in [0, 0.1) is 11.6 Å². The Kier molecular flexibility index (Phi) is 6.31. The Morgan fingerprint density at radius 2 is 1.89 bits per heavy atom. The van der Waals surface area contributed by atoms with Crippen molar-refractivity contribution in [3.63, 3.8) is 0 Å². The number of nitrogens with zero attached hydrogens (tertiary/aromatic N) is 6. The van der Waals surface area contributed by atoms with Crippen molar-refractivity contribution in [2.45, 2.75) is 6.92 Å². The molecule has 4 heterocycles. The van der Waals surface area contributed by atoms with Crippen LogP contribution in [0.5, 0.6) is 5.75 Å². The van der Waals surface area contributed by atoms with Gasteiger partial charge in [0.2, 0.25) is 11.9 Å². The van der Waals surface area contributed by atoms with Gasteiger partial charge in [-0.1, -0.05) is 11.6 Å². The number of hydrogen-bond acceptors (Lipinski definition) is 7. The van der Waals surface area contributed by atoms with Crippen LogP contribution in [0.4, 0.5) is 26.1 Å². The first-order valence-electron chi connectivity index (χ1n) is 11.1. The first-order valence-corrected chi connectivity index (χ1v) is 11.5. The van der Waals surface area contributed by atoms with Crippen molar-refractivity contribution >= 4 is 40.5 Å². The average Bonchev–Trinajstić information content (AvgIpc) is 3.29. The van der Waals surface area contributed by atoms with Crippen LogP contribution < -0.4 is 15.0 Å². The molecule has 1 aliphatic heterocycles. The van der Waals surface area contributed by atoms with Gasteiger partial charge >= 0.3 is 0 Å². The van der Waals surface area contributed by atoms with Crippen LogP contribution in [0.1, 0.15) is 6.92 Å². The highest BCUT2D eigenvalue weighted by atomic mass is 35.5. The number of halogens is 3. The van der Waals surface area contributed by atoms with E-state index in [9.17, 15) is 13.6 Å². The van der Waals surface area contributed by atoms with Crippen LogP contribution in [0.3, 0.4) is 0 Å². The number of nitrogens with one attached hydrogen (secondary N) is 1. The summed E-state index contributed by atoms with van der Waals surface area (Å²) in [6.07, 6.45) is 3.89. The Balaban J connectivity index is 1.42. The Morgan fingerprint density at radius 1 is 1.11 bits per heavy atom. The van der Waals surface area contributed by atoms with E-state index in [4.69, 9.17) is 16.3 Å². The van der Waals surface area contributed by atoms with Gasteiger partial charge in [0.05, 0.1) is 35.9 Å². The molecule has 12 heteroatoms. The van der Waals surface area contributed by atoms with E-state index in [1.54, 1.807) is 14.0 Å². The first kappa shape index (κ1) is 23.7. The molecule has 1 fully saturated rings. The predicted octanol–water partition coefficient (Wildman–Crippen LogP) is 4.14. The number of benzene rings is 1. The highest BCUT2D eigenvalue weighted by Crippen LogP contribution is 2.33. The molecule has 0 atom stereocenters. The van der Waals surface area contributed by atoms with Gasteiger partial charge in [0.1, 0.15) is 17.3 Å². The maximum atomic E-state index is 14.1. The molecule has 1 aromatic carbocycles. The molecule has 0 aliphatic carbocycles. The summed E-state index contributed by atoms with van der Waals surface area (Å²) in [5, 5.41) is 3.31. The molecular formula is C24H22ClF2N7O2. The fourth-order valence-corrected chi connectivity index (χ4v) is 4.36. The highest BCUT2D eigenvalue weighted by Gasteiger charge is 2.20. The van der Waals surface area contributed by atoms with Crippen molar-refractivity contribution in [3.8, 4) is 17.1 Å². The fourth-order valence-electron chi connectivity index (χ4n) is 4.18. The van der Waals surface area contributed by atoms with Crippen molar-refractivity contribution in [2.75, 3.05) is 43.5 Å². The fraction of sp³-hybridized carbons (Fsp3) is 0.250. The largest absolute Gasteiger partial charge is 0.494 e. The predicted molar refractivity (Wildman–Crippen MR) is 132 cm³/mol. The van der Waals surface area contributed by atoms with Gasteiger partial charge in [-0.3, -0.25) is 9.20 Å². The second-order valence-electron chi connectivity index (χ2n) is 8.24. The summed E-state index contributed by atoms with van der Waals surface area (Å²) in [7, 11) is 1.56. The number of pyridine rings is 1. The number of methoxy groups -OCH3 is 1. The maximum absolute atomic E-state index is 14.1. The molecule has 186 valence electrons. The van der Waals surface area contributed by atoms with E-state index in [0.717, 1.165) is 31.0 Å². The zero-order valence-corrected chi connectivity index (χ0v) is 20.3. The van der Waals surface area contributed by atoms with Crippen molar-refractivity contribution in [1.29, 1.82) is 0 Å². The van der Waals surface area contributed by atoms with E-state index in [1.165, 1.54) is 16.8 Å². The summed E-state index contributed by atoms with van der Waals surface area (Å²) in [6, 6.07) is 6.46. The quantitative estimate of drug-likeness (QED) is 0.429. The molecule has 9 nitrogen and oxygen atoms in total. The number of anilines is 3. The zero-order chi connectivity index (χ0) is 25.4. The molecule has 1 aliphatic rings. The van der Waals surface area contributed by atoms with Crippen LogP contribution in [0.15, 0.2) is 42.9 Å². The highest BCUT2D eigenvalue weighted by molar-refractivity contribution is 6.32. The number of imidazole rings is 1. The van der Waals surface area contributed by atoms with Gasteiger partial charge in [-0.15, -0.1) is 0 Å². The van der Waals surface area contributed by atoms with Crippen LogP contribution in [-0.4, -0.2) is 63.4 Å². The first-order chi connectivity index (χ1) is 17.3. The number of hydrogen-bond donors (Lipinski definition) is 1. The molecule has 0 bridgehead atoms. The smallest absolute Gasteiger partial charge is 0.227 e. The molecule has 1 N–H and O–H groups in total. The lowest BCUT2D eigenvalue weighted by Gasteiger charge is -2.35. The molecule has 3 aromatic heterocycles. The third kappa shape index (κ3) is 4.49. The minimum absolute atomic E-state index is 0.0445. The van der Waals surface area contributed by atoms with E-state index in [1.807, 2.05) is 23.1 Å². The molecular weight excluding hydrogens is 492 g/mol. The lowest BCUT2D eigenvalue weighted by molar-refractivity contribution is -0.129. The maximum Gasteiger partial charge on any atom is 0.227 e. The van der Waals surface area contributed by atoms with Gasteiger partial charge < -0.3 is 19.9 Å². The summed E-state index contributed by atoms with van der Waals surface area (Å²) in [4.78, 5) is 28.3. The number of aromatic nitrogens is 4. The van der Waals surface area contributed by atoms with Crippen molar-refractivity contribution in [3.05, 3.63) is 59.5 Å². The van der Waals surface area contributed by atoms with E-state index in [0.29, 0.717) is 30.2 Å². The van der Waals surface area contributed by atoms with E-state index >= 15 is 0 Å². The molecule has 1 amide bonds. The Hall–Kier alpha value is -3.99. The van der Waals surface area contributed by atoms with Gasteiger partial charge in [-0.05, 0) is 12.1 Å². The lowest BCUT2D eigenvalue weighted by Crippen LogP contribution is -2.48. The summed E-state index contributed by atoms with van der Waals surface area (Å²) < 4.78 is 34.8. The summed E-state index contributed by atoms with van der Waals surface area (Å²) >= 11 is 6.33. The third-order valence-electron chi connectivity index (χ3n) is 6.04. The number of carbonyl (C=O) groups is 1. The van der Waals surface area contributed by atoms with Crippen LogP contribution in [-0.2, 0) is 4.79 Å². The van der Waals surface area contributed by atoms with Crippen molar-refractivity contribution in [1.82, 2.24) is 24.3 Å². The van der Waals surface area contributed by atoms with Gasteiger partial charge in [0.25, 0.3) is 0 Å². The van der Waals surface area contributed by atoms with Crippen LogP contribution in [0.25, 0.3) is 17.0 Å². The van der Waals surface area contributed by atoms with Crippen molar-refractivity contribution < 1.29 is 18.3 Å².